The van der Waals surface area contributed by atoms with E-state index in [1.807, 2.05) is 0 Å². The van der Waals surface area contributed by atoms with Crippen LogP contribution in [0.3, 0.4) is 0 Å². The molecule has 6 heteroatoms. The third-order valence-corrected chi connectivity index (χ3v) is 4.24. The molecule has 5 nitrogen and oxygen atoms in total. The van der Waals surface area contributed by atoms with Crippen LogP contribution in [0.15, 0.2) is 54.5 Å². The van der Waals surface area contributed by atoms with Crippen LogP contribution in [0, 0.1) is 0 Å². The number of aromatic carboxylic acids is 1. The van der Waals surface area contributed by atoms with Crippen LogP contribution in [0.25, 0.3) is 0 Å². The molecule has 0 unspecified atom stereocenters. The molecule has 0 aliphatic heterocycles. The Labute approximate surface area is 112 Å². The summed E-state index contributed by atoms with van der Waals surface area (Å²) in [5, 5.41) is 10.6. The van der Waals surface area contributed by atoms with Crippen molar-refractivity contribution in [2.45, 2.75) is 4.90 Å². The van der Waals surface area contributed by atoms with Crippen LogP contribution in [0.5, 0.6) is 0 Å². The van der Waals surface area contributed by atoms with E-state index in [0.717, 1.165) is 0 Å². The Kier molecular flexibility index (Phi) is 5.02. The van der Waals surface area contributed by atoms with E-state index >= 15 is 0 Å². The van der Waals surface area contributed by atoms with Crippen molar-refractivity contribution in [2.24, 2.45) is 0 Å². The van der Waals surface area contributed by atoms with E-state index in [-0.39, 0.29) is 23.5 Å². The topological polar surface area (TPSA) is 77.5 Å². The van der Waals surface area contributed by atoms with Gasteiger partial charge in [0.15, 0.2) is 0 Å². The summed E-state index contributed by atoms with van der Waals surface area (Å²) in [5.74, 6) is -1.35. The van der Waals surface area contributed by atoms with Crippen molar-refractivity contribution in [1.29, 1.82) is 0 Å². The number of sulfonamides is 1. The van der Waals surface area contributed by atoms with Gasteiger partial charge in [-0.05, 0) is 17.7 Å². The summed E-state index contributed by atoms with van der Waals surface area (Å²) in [7, 11) is -3.69. The number of benzene rings is 1. The molecule has 0 radical (unpaired) electrons. The van der Waals surface area contributed by atoms with E-state index in [0.29, 0.717) is 0 Å². The largest absolute Gasteiger partial charge is 0.545 e. The standard InChI is InChI=1S/C13H15NO4S/c1-3-9-14(10-4-2)19(17,18)12-7-5-11(6-8-12)13(15)16/h3-8H,1-2,9-10H2,(H,15,16)/p-1. The molecule has 0 saturated heterocycles. The SMILES string of the molecule is C=CCN(CC=C)S(=O)(=O)c1ccc(C(=O)[O-])cc1. The van der Waals surface area contributed by atoms with Crippen molar-refractivity contribution in [1.82, 2.24) is 4.31 Å². The van der Waals surface area contributed by atoms with Gasteiger partial charge in [-0.3, -0.25) is 0 Å². The third-order valence-electron chi connectivity index (χ3n) is 2.39. The summed E-state index contributed by atoms with van der Waals surface area (Å²) in [6, 6.07) is 4.86. The molecule has 1 rings (SSSR count). The lowest BCUT2D eigenvalue weighted by Crippen LogP contribution is -2.31. The number of nitrogens with zero attached hydrogens (tertiary/aromatic N) is 1. The predicted molar refractivity (Wildman–Crippen MR) is 69.9 cm³/mol. The zero-order chi connectivity index (χ0) is 14.5. The fourth-order valence-corrected chi connectivity index (χ4v) is 2.85. The van der Waals surface area contributed by atoms with Gasteiger partial charge in [-0.1, -0.05) is 24.3 Å². The van der Waals surface area contributed by atoms with Gasteiger partial charge in [0.2, 0.25) is 10.0 Å². The number of carbonyl (C=O) groups excluding carboxylic acids is 1. The molecule has 1 aromatic carbocycles. The first-order chi connectivity index (χ1) is 8.93. The molecule has 1 aromatic rings. The zero-order valence-electron chi connectivity index (χ0n) is 10.3. The van der Waals surface area contributed by atoms with Crippen LogP contribution in [-0.4, -0.2) is 31.8 Å². The quantitative estimate of drug-likeness (QED) is 0.678. The zero-order valence-corrected chi connectivity index (χ0v) is 11.1. The summed E-state index contributed by atoms with van der Waals surface area (Å²) in [4.78, 5) is 10.6. The molecule has 0 amide bonds. The van der Waals surface area contributed by atoms with E-state index in [1.54, 1.807) is 0 Å². The number of carbonyl (C=O) groups is 1. The monoisotopic (exact) mass is 280 g/mol. The lowest BCUT2D eigenvalue weighted by Gasteiger charge is -2.19. The lowest BCUT2D eigenvalue weighted by molar-refractivity contribution is -0.255. The first-order valence-electron chi connectivity index (χ1n) is 5.47. The van der Waals surface area contributed by atoms with Crippen molar-refractivity contribution in [3.05, 3.63) is 55.1 Å². The summed E-state index contributed by atoms with van der Waals surface area (Å²) in [5.41, 5.74) is -0.0714. The Morgan fingerprint density at radius 2 is 1.63 bits per heavy atom. The van der Waals surface area contributed by atoms with Gasteiger partial charge < -0.3 is 9.90 Å². The van der Waals surface area contributed by atoms with Gasteiger partial charge in [0, 0.05) is 13.1 Å². The van der Waals surface area contributed by atoms with Crippen LogP contribution in [-0.2, 0) is 10.0 Å². The van der Waals surface area contributed by atoms with E-state index in [1.165, 1.54) is 40.7 Å². The highest BCUT2D eigenvalue weighted by molar-refractivity contribution is 7.89. The second kappa shape index (κ2) is 6.31. The van der Waals surface area contributed by atoms with E-state index < -0.39 is 16.0 Å². The highest BCUT2D eigenvalue weighted by atomic mass is 32.2. The van der Waals surface area contributed by atoms with E-state index in [2.05, 4.69) is 13.2 Å². The van der Waals surface area contributed by atoms with Gasteiger partial charge in [-0.25, -0.2) is 8.42 Å². The average Bonchev–Trinajstić information content (AvgIpc) is 2.38. The molecular weight excluding hydrogens is 266 g/mol. The van der Waals surface area contributed by atoms with Crippen LogP contribution in [0.2, 0.25) is 0 Å². The molecular formula is C13H14NO4S-. The van der Waals surface area contributed by atoms with Gasteiger partial charge in [0.05, 0.1) is 10.9 Å². The van der Waals surface area contributed by atoms with Crippen molar-refractivity contribution in [3.63, 3.8) is 0 Å². The molecule has 0 atom stereocenters. The molecule has 102 valence electrons. The Hall–Kier alpha value is -1.92. The predicted octanol–water partition coefficient (Wildman–Crippen LogP) is 0.413. The maximum absolute atomic E-state index is 12.3. The molecule has 0 saturated carbocycles. The maximum atomic E-state index is 12.3. The third kappa shape index (κ3) is 3.52. The maximum Gasteiger partial charge on any atom is 0.243 e. The number of carboxylic acid groups (broad SMARTS) is 1. The van der Waals surface area contributed by atoms with Crippen LogP contribution in [0.1, 0.15) is 10.4 Å². The Balaban J connectivity index is 3.13. The summed E-state index contributed by atoms with van der Waals surface area (Å²) < 4.78 is 25.7. The normalized spacial score (nSPS) is 11.2. The second-order valence-electron chi connectivity index (χ2n) is 3.71. The van der Waals surface area contributed by atoms with Gasteiger partial charge in [0.1, 0.15) is 0 Å². The van der Waals surface area contributed by atoms with Gasteiger partial charge in [-0.15, -0.1) is 13.2 Å². The minimum atomic E-state index is -3.69. The highest BCUT2D eigenvalue weighted by Crippen LogP contribution is 2.16. The van der Waals surface area contributed by atoms with Crippen LogP contribution in [0.4, 0.5) is 0 Å². The van der Waals surface area contributed by atoms with E-state index in [9.17, 15) is 18.3 Å². The van der Waals surface area contributed by atoms with E-state index in [4.69, 9.17) is 0 Å². The Bertz CT molecular complexity index is 565. The molecule has 19 heavy (non-hydrogen) atoms. The number of carboxylic acids is 1. The minimum absolute atomic E-state index is 0.0150. The molecule has 0 aliphatic rings. The molecule has 0 spiro atoms. The van der Waals surface area contributed by atoms with Crippen molar-refractivity contribution in [2.75, 3.05) is 13.1 Å². The minimum Gasteiger partial charge on any atom is -0.545 e. The number of hydrogen-bond donors (Lipinski definition) is 0. The molecule has 0 fully saturated rings. The second-order valence-corrected chi connectivity index (χ2v) is 5.65. The van der Waals surface area contributed by atoms with Crippen LogP contribution >= 0.6 is 0 Å². The first kappa shape index (κ1) is 15.1. The molecule has 0 bridgehead atoms. The highest BCUT2D eigenvalue weighted by Gasteiger charge is 2.22. The summed E-state index contributed by atoms with van der Waals surface area (Å²) in [6.45, 7) is 7.30. The molecule has 0 aliphatic carbocycles. The fraction of sp³-hybridized carbons (Fsp3) is 0.154. The first-order valence-corrected chi connectivity index (χ1v) is 6.91. The smallest absolute Gasteiger partial charge is 0.243 e. The summed E-state index contributed by atoms with van der Waals surface area (Å²) >= 11 is 0. The Morgan fingerprint density at radius 1 is 1.16 bits per heavy atom. The van der Waals surface area contributed by atoms with Crippen molar-refractivity contribution in [3.8, 4) is 0 Å². The molecule has 0 N–H and O–H groups in total. The van der Waals surface area contributed by atoms with Crippen molar-refractivity contribution < 1.29 is 18.3 Å². The Morgan fingerprint density at radius 3 is 2.00 bits per heavy atom. The number of rotatable bonds is 7. The molecule has 0 aromatic heterocycles. The molecule has 0 heterocycles. The van der Waals surface area contributed by atoms with Crippen molar-refractivity contribution >= 4 is 16.0 Å². The van der Waals surface area contributed by atoms with Gasteiger partial charge in [0.25, 0.3) is 0 Å². The summed E-state index contributed by atoms with van der Waals surface area (Å²) in [6.07, 6.45) is 2.94. The fourth-order valence-electron chi connectivity index (χ4n) is 1.47. The van der Waals surface area contributed by atoms with Crippen LogP contribution < -0.4 is 5.11 Å². The lowest BCUT2D eigenvalue weighted by atomic mass is 10.2. The number of hydrogen-bond acceptors (Lipinski definition) is 4. The van der Waals surface area contributed by atoms with Gasteiger partial charge >= 0.3 is 0 Å². The average molecular weight is 280 g/mol. The van der Waals surface area contributed by atoms with Gasteiger partial charge in [-0.2, -0.15) is 4.31 Å².